The van der Waals surface area contributed by atoms with Crippen LogP contribution in [0.5, 0.6) is 0 Å². The largest absolute Gasteiger partial charge is 0.383 e. The molecule has 3 rings (SSSR count). The molecule has 2 aromatic carbocycles. The van der Waals surface area contributed by atoms with Gasteiger partial charge in [-0.2, -0.15) is 0 Å². The van der Waals surface area contributed by atoms with Crippen LogP contribution in [0.4, 0.5) is 5.69 Å². The Bertz CT molecular complexity index is 1060. The molecule has 32 heavy (non-hydrogen) atoms. The third-order valence-corrected chi connectivity index (χ3v) is 6.82. The van der Waals surface area contributed by atoms with Crippen molar-refractivity contribution >= 4 is 39.1 Å². The van der Waals surface area contributed by atoms with E-state index in [0.29, 0.717) is 43.2 Å². The second-order valence-electron chi connectivity index (χ2n) is 7.51. The summed E-state index contributed by atoms with van der Waals surface area (Å²) in [6.45, 7) is 1.72. The molecule has 172 valence electrons. The van der Waals surface area contributed by atoms with Gasteiger partial charge in [0.05, 0.1) is 17.4 Å². The van der Waals surface area contributed by atoms with Gasteiger partial charge in [0.2, 0.25) is 5.91 Å². The highest BCUT2D eigenvalue weighted by Gasteiger charge is 2.29. The van der Waals surface area contributed by atoms with Crippen LogP contribution in [0.3, 0.4) is 0 Å². The van der Waals surface area contributed by atoms with Crippen LogP contribution in [0, 0.1) is 5.92 Å². The molecule has 8 nitrogen and oxygen atoms in total. The fourth-order valence-electron chi connectivity index (χ4n) is 3.52. The van der Waals surface area contributed by atoms with E-state index in [1.165, 1.54) is 30.3 Å². The number of benzene rings is 2. The van der Waals surface area contributed by atoms with E-state index < -0.39 is 10.0 Å². The Balaban J connectivity index is 1.68. The van der Waals surface area contributed by atoms with Crippen molar-refractivity contribution in [2.75, 3.05) is 38.1 Å². The van der Waals surface area contributed by atoms with Crippen LogP contribution in [0.2, 0.25) is 5.02 Å². The van der Waals surface area contributed by atoms with E-state index in [-0.39, 0.29) is 28.3 Å². The molecule has 0 saturated carbocycles. The highest BCUT2D eigenvalue weighted by atomic mass is 35.5. The van der Waals surface area contributed by atoms with Crippen molar-refractivity contribution in [2.45, 2.75) is 17.7 Å². The van der Waals surface area contributed by atoms with Gasteiger partial charge in [0.25, 0.3) is 15.9 Å². The number of hydrogen-bond acceptors (Lipinski definition) is 5. The van der Waals surface area contributed by atoms with Crippen LogP contribution < -0.4 is 10.0 Å². The summed E-state index contributed by atoms with van der Waals surface area (Å²) in [5.74, 6) is -0.618. The molecule has 0 aromatic heterocycles. The van der Waals surface area contributed by atoms with E-state index in [4.69, 9.17) is 16.3 Å². The Kier molecular flexibility index (Phi) is 8.11. The number of likely N-dealkylation sites (tertiary alicyclic amines) is 1. The number of hydrogen-bond donors (Lipinski definition) is 2. The van der Waals surface area contributed by atoms with E-state index >= 15 is 0 Å². The molecular formula is C22H26ClN3O5S. The molecule has 1 aliphatic rings. The van der Waals surface area contributed by atoms with Crippen molar-refractivity contribution in [1.29, 1.82) is 0 Å². The Morgan fingerprint density at radius 1 is 1.19 bits per heavy atom. The highest BCUT2D eigenvalue weighted by molar-refractivity contribution is 7.92. The number of piperidine rings is 1. The Hall–Kier alpha value is -2.62. The third kappa shape index (κ3) is 6.21. The minimum Gasteiger partial charge on any atom is -0.383 e. The minimum absolute atomic E-state index is 0.0667. The summed E-state index contributed by atoms with van der Waals surface area (Å²) < 4.78 is 32.7. The van der Waals surface area contributed by atoms with Gasteiger partial charge in [0, 0.05) is 43.0 Å². The highest BCUT2D eigenvalue weighted by Crippen LogP contribution is 2.22. The fraction of sp³-hybridized carbons (Fsp3) is 0.364. The number of methoxy groups -OCH3 is 1. The number of sulfonamides is 1. The molecule has 1 unspecified atom stereocenters. The van der Waals surface area contributed by atoms with Gasteiger partial charge in [0.15, 0.2) is 0 Å². The van der Waals surface area contributed by atoms with Crippen molar-refractivity contribution in [3.05, 3.63) is 59.1 Å². The lowest BCUT2D eigenvalue weighted by Crippen LogP contribution is -2.45. The lowest BCUT2D eigenvalue weighted by atomic mass is 9.96. The molecule has 1 aliphatic heterocycles. The van der Waals surface area contributed by atoms with Gasteiger partial charge in [-0.1, -0.05) is 17.7 Å². The lowest BCUT2D eigenvalue weighted by Gasteiger charge is -2.32. The second-order valence-corrected chi connectivity index (χ2v) is 9.63. The zero-order valence-corrected chi connectivity index (χ0v) is 19.3. The SMILES string of the molecule is COCCNC(=O)C1CCCN(C(=O)c2cccc(NS(=O)(=O)c3ccc(Cl)cc3)c2)C1. The van der Waals surface area contributed by atoms with Crippen molar-refractivity contribution in [2.24, 2.45) is 5.92 Å². The van der Waals surface area contributed by atoms with Gasteiger partial charge >= 0.3 is 0 Å². The smallest absolute Gasteiger partial charge is 0.261 e. The van der Waals surface area contributed by atoms with E-state index in [1.54, 1.807) is 30.2 Å². The number of carbonyl (C=O) groups excluding carboxylic acids is 2. The molecule has 10 heteroatoms. The first-order chi connectivity index (χ1) is 15.3. The first-order valence-corrected chi connectivity index (χ1v) is 12.1. The number of amides is 2. The number of nitrogens with one attached hydrogen (secondary N) is 2. The molecule has 0 bridgehead atoms. The Morgan fingerprint density at radius 3 is 2.66 bits per heavy atom. The average Bonchev–Trinajstić information content (AvgIpc) is 2.79. The normalized spacial score (nSPS) is 16.4. The number of rotatable bonds is 8. The van der Waals surface area contributed by atoms with Crippen molar-refractivity contribution in [3.8, 4) is 0 Å². The van der Waals surface area contributed by atoms with Gasteiger partial charge in [-0.25, -0.2) is 8.42 Å². The Labute approximate surface area is 192 Å². The van der Waals surface area contributed by atoms with Crippen LogP contribution >= 0.6 is 11.6 Å². The first kappa shape index (κ1) is 24.0. The fourth-order valence-corrected chi connectivity index (χ4v) is 4.70. The number of ether oxygens (including phenoxy) is 1. The quantitative estimate of drug-likeness (QED) is 0.566. The number of nitrogens with zero attached hydrogens (tertiary/aromatic N) is 1. The van der Waals surface area contributed by atoms with Crippen LogP contribution in [-0.4, -0.2) is 58.5 Å². The van der Waals surface area contributed by atoms with Gasteiger partial charge in [-0.05, 0) is 55.3 Å². The van der Waals surface area contributed by atoms with Crippen molar-refractivity contribution < 1.29 is 22.7 Å². The molecule has 0 aliphatic carbocycles. The van der Waals surface area contributed by atoms with Gasteiger partial charge in [-0.3, -0.25) is 14.3 Å². The van der Waals surface area contributed by atoms with Crippen molar-refractivity contribution in [1.82, 2.24) is 10.2 Å². The molecular weight excluding hydrogens is 454 g/mol. The molecule has 2 N–H and O–H groups in total. The average molecular weight is 480 g/mol. The third-order valence-electron chi connectivity index (χ3n) is 5.17. The molecule has 2 amide bonds. The summed E-state index contributed by atoms with van der Waals surface area (Å²) in [6.07, 6.45) is 1.43. The van der Waals surface area contributed by atoms with E-state index in [2.05, 4.69) is 10.0 Å². The monoisotopic (exact) mass is 479 g/mol. The zero-order valence-electron chi connectivity index (χ0n) is 17.7. The summed E-state index contributed by atoms with van der Waals surface area (Å²) in [6, 6.07) is 12.1. The maximum absolute atomic E-state index is 13.0. The van der Waals surface area contributed by atoms with E-state index in [0.717, 1.165) is 6.42 Å². The second kappa shape index (κ2) is 10.8. The zero-order chi connectivity index (χ0) is 23.1. The topological polar surface area (TPSA) is 105 Å². The first-order valence-electron chi connectivity index (χ1n) is 10.2. The molecule has 1 fully saturated rings. The number of halogens is 1. The maximum atomic E-state index is 13.0. The van der Waals surface area contributed by atoms with Crippen LogP contribution in [0.25, 0.3) is 0 Å². The predicted molar refractivity (Wildman–Crippen MR) is 122 cm³/mol. The van der Waals surface area contributed by atoms with Gasteiger partial charge < -0.3 is 15.0 Å². The summed E-state index contributed by atoms with van der Waals surface area (Å²) in [7, 11) is -2.26. The standard InChI is InChI=1S/C22H26ClN3O5S/c1-31-13-11-24-21(27)17-5-3-12-26(15-17)22(28)16-4-2-6-19(14-16)25-32(29,30)20-9-7-18(23)8-10-20/h2,4,6-10,14,17,25H,3,5,11-13,15H2,1H3,(H,24,27). The van der Waals surface area contributed by atoms with E-state index in [1.807, 2.05) is 0 Å². The molecule has 1 heterocycles. The van der Waals surface area contributed by atoms with E-state index in [9.17, 15) is 18.0 Å². The molecule has 0 spiro atoms. The summed E-state index contributed by atoms with van der Waals surface area (Å²) in [5.41, 5.74) is 0.624. The maximum Gasteiger partial charge on any atom is 0.261 e. The summed E-state index contributed by atoms with van der Waals surface area (Å²) in [4.78, 5) is 27.1. The lowest BCUT2D eigenvalue weighted by molar-refractivity contribution is -0.126. The minimum atomic E-state index is -3.83. The molecule has 1 saturated heterocycles. The summed E-state index contributed by atoms with van der Waals surface area (Å²) >= 11 is 5.82. The summed E-state index contributed by atoms with van der Waals surface area (Å²) in [5, 5.41) is 3.25. The number of carbonyl (C=O) groups is 2. The number of anilines is 1. The molecule has 0 radical (unpaired) electrons. The molecule has 2 aromatic rings. The van der Waals surface area contributed by atoms with Gasteiger partial charge in [-0.15, -0.1) is 0 Å². The predicted octanol–water partition coefficient (Wildman–Crippen LogP) is 2.76. The van der Waals surface area contributed by atoms with Crippen molar-refractivity contribution in [3.63, 3.8) is 0 Å². The molecule has 1 atom stereocenters. The van der Waals surface area contributed by atoms with Gasteiger partial charge in [0.1, 0.15) is 0 Å². The van der Waals surface area contributed by atoms with Crippen LogP contribution in [0.15, 0.2) is 53.4 Å². The van der Waals surface area contributed by atoms with Crippen LogP contribution in [0.1, 0.15) is 23.2 Å². The Morgan fingerprint density at radius 2 is 1.94 bits per heavy atom. The van der Waals surface area contributed by atoms with Crippen LogP contribution in [-0.2, 0) is 19.6 Å².